The number of anilines is 1. The number of esters is 1. The molecule has 0 spiro atoms. The highest BCUT2D eigenvalue weighted by Gasteiger charge is 2.52. The number of nitrogens with one attached hydrogen (secondary N) is 2. The van der Waals surface area contributed by atoms with Crippen molar-refractivity contribution in [1.29, 1.82) is 0 Å². The van der Waals surface area contributed by atoms with E-state index in [2.05, 4.69) is 10.3 Å². The van der Waals surface area contributed by atoms with Crippen LogP contribution >= 0.6 is 0 Å². The number of aromatic nitrogens is 1. The van der Waals surface area contributed by atoms with E-state index in [0.29, 0.717) is 29.5 Å². The SMILES string of the molecule is COC(=O)c1ccccc1NC(=O)C1(c2c[nH]c3ccc(F)cc23)CC1. The summed E-state index contributed by atoms with van der Waals surface area (Å²) in [6.45, 7) is 0. The van der Waals surface area contributed by atoms with Gasteiger partial charge in [-0.05, 0) is 48.7 Å². The molecular formula is C20H17FN2O3. The quantitative estimate of drug-likeness (QED) is 0.702. The van der Waals surface area contributed by atoms with Gasteiger partial charge in [-0.3, -0.25) is 4.79 Å². The number of benzene rings is 2. The Labute approximate surface area is 149 Å². The zero-order valence-electron chi connectivity index (χ0n) is 14.1. The number of methoxy groups -OCH3 is 1. The van der Waals surface area contributed by atoms with E-state index in [0.717, 1.165) is 11.1 Å². The Hall–Kier alpha value is -3.15. The predicted octanol–water partition coefficient (Wildman–Crippen LogP) is 3.76. The van der Waals surface area contributed by atoms with Crippen LogP contribution in [0.2, 0.25) is 0 Å². The maximum absolute atomic E-state index is 13.7. The Balaban J connectivity index is 1.69. The van der Waals surface area contributed by atoms with Gasteiger partial charge >= 0.3 is 5.97 Å². The lowest BCUT2D eigenvalue weighted by Gasteiger charge is -2.16. The molecule has 0 aliphatic heterocycles. The molecule has 26 heavy (non-hydrogen) atoms. The topological polar surface area (TPSA) is 71.2 Å². The molecule has 0 saturated heterocycles. The van der Waals surface area contributed by atoms with Gasteiger partial charge in [0.05, 0.1) is 23.8 Å². The molecule has 1 amide bonds. The Morgan fingerprint density at radius 1 is 1.19 bits per heavy atom. The summed E-state index contributed by atoms with van der Waals surface area (Å²) >= 11 is 0. The Kier molecular flexibility index (Phi) is 3.76. The molecule has 0 radical (unpaired) electrons. The predicted molar refractivity (Wildman–Crippen MR) is 95.6 cm³/mol. The van der Waals surface area contributed by atoms with Crippen LogP contribution in [0.4, 0.5) is 10.1 Å². The average Bonchev–Trinajstić information content (AvgIpc) is 3.35. The molecule has 1 aliphatic rings. The Morgan fingerprint density at radius 3 is 2.69 bits per heavy atom. The monoisotopic (exact) mass is 352 g/mol. The van der Waals surface area contributed by atoms with Crippen molar-refractivity contribution >= 4 is 28.5 Å². The fourth-order valence-corrected chi connectivity index (χ4v) is 3.35. The molecule has 0 unspecified atom stereocenters. The second kappa shape index (κ2) is 5.98. The van der Waals surface area contributed by atoms with E-state index >= 15 is 0 Å². The first-order valence-electron chi connectivity index (χ1n) is 8.31. The van der Waals surface area contributed by atoms with Crippen molar-refractivity contribution in [2.45, 2.75) is 18.3 Å². The molecule has 132 valence electrons. The summed E-state index contributed by atoms with van der Waals surface area (Å²) in [4.78, 5) is 28.0. The van der Waals surface area contributed by atoms with Crippen LogP contribution < -0.4 is 5.32 Å². The molecule has 4 rings (SSSR count). The van der Waals surface area contributed by atoms with Crippen molar-refractivity contribution in [2.75, 3.05) is 12.4 Å². The highest BCUT2D eigenvalue weighted by atomic mass is 19.1. The summed E-state index contributed by atoms with van der Waals surface area (Å²) in [5, 5.41) is 3.56. The third kappa shape index (κ3) is 2.54. The molecule has 1 heterocycles. The van der Waals surface area contributed by atoms with Crippen LogP contribution in [-0.4, -0.2) is 24.0 Å². The van der Waals surface area contributed by atoms with Gasteiger partial charge in [0.25, 0.3) is 0 Å². The maximum Gasteiger partial charge on any atom is 0.339 e. The van der Waals surface area contributed by atoms with Crippen molar-refractivity contribution < 1.29 is 18.7 Å². The average molecular weight is 352 g/mol. The maximum atomic E-state index is 13.7. The van der Waals surface area contributed by atoms with Crippen molar-refractivity contribution in [3.05, 3.63) is 65.6 Å². The number of halogens is 1. The van der Waals surface area contributed by atoms with Crippen LogP contribution in [0.5, 0.6) is 0 Å². The third-order valence-corrected chi connectivity index (χ3v) is 4.92. The molecule has 2 aromatic carbocycles. The minimum atomic E-state index is -0.713. The van der Waals surface area contributed by atoms with E-state index in [1.165, 1.54) is 19.2 Å². The van der Waals surface area contributed by atoms with Gasteiger partial charge in [0, 0.05) is 17.1 Å². The van der Waals surface area contributed by atoms with Gasteiger partial charge in [0.1, 0.15) is 5.82 Å². The highest BCUT2D eigenvalue weighted by Crippen LogP contribution is 2.51. The van der Waals surface area contributed by atoms with Crippen LogP contribution in [0.15, 0.2) is 48.7 Å². The van der Waals surface area contributed by atoms with Crippen LogP contribution in [0, 0.1) is 5.82 Å². The van der Waals surface area contributed by atoms with Gasteiger partial charge in [-0.2, -0.15) is 0 Å². The van der Waals surface area contributed by atoms with Gasteiger partial charge < -0.3 is 15.0 Å². The van der Waals surface area contributed by atoms with Crippen LogP contribution in [0.25, 0.3) is 10.9 Å². The second-order valence-corrected chi connectivity index (χ2v) is 6.47. The smallest absolute Gasteiger partial charge is 0.339 e. The van der Waals surface area contributed by atoms with Crippen LogP contribution in [-0.2, 0) is 14.9 Å². The number of fused-ring (bicyclic) bond motifs is 1. The lowest BCUT2D eigenvalue weighted by molar-refractivity contribution is -0.118. The molecule has 1 saturated carbocycles. The molecule has 1 aromatic heterocycles. The van der Waals surface area contributed by atoms with E-state index < -0.39 is 11.4 Å². The van der Waals surface area contributed by atoms with Gasteiger partial charge in [-0.15, -0.1) is 0 Å². The third-order valence-electron chi connectivity index (χ3n) is 4.92. The summed E-state index contributed by atoms with van der Waals surface area (Å²) in [6, 6.07) is 11.2. The van der Waals surface area contributed by atoms with Crippen LogP contribution in [0.3, 0.4) is 0 Å². The number of amides is 1. The van der Waals surface area contributed by atoms with E-state index in [1.54, 1.807) is 36.5 Å². The summed E-state index contributed by atoms with van der Waals surface area (Å²) in [5.74, 6) is -1.07. The van der Waals surface area contributed by atoms with Gasteiger partial charge in [-0.1, -0.05) is 12.1 Å². The van der Waals surface area contributed by atoms with Gasteiger partial charge in [-0.25, -0.2) is 9.18 Å². The van der Waals surface area contributed by atoms with Crippen molar-refractivity contribution in [3.63, 3.8) is 0 Å². The fraction of sp³-hybridized carbons (Fsp3) is 0.200. The Morgan fingerprint density at radius 2 is 1.96 bits per heavy atom. The van der Waals surface area contributed by atoms with Crippen molar-refractivity contribution in [3.8, 4) is 0 Å². The van der Waals surface area contributed by atoms with E-state index in [4.69, 9.17) is 4.74 Å². The van der Waals surface area contributed by atoms with E-state index in [9.17, 15) is 14.0 Å². The number of rotatable bonds is 4. The minimum Gasteiger partial charge on any atom is -0.465 e. The zero-order chi connectivity index (χ0) is 18.3. The zero-order valence-corrected chi connectivity index (χ0v) is 14.1. The van der Waals surface area contributed by atoms with E-state index in [1.807, 2.05) is 0 Å². The molecule has 0 bridgehead atoms. The second-order valence-electron chi connectivity index (χ2n) is 6.47. The van der Waals surface area contributed by atoms with Crippen molar-refractivity contribution in [2.24, 2.45) is 0 Å². The number of carbonyl (C=O) groups excluding carboxylic acids is 2. The first-order valence-corrected chi connectivity index (χ1v) is 8.31. The Bertz CT molecular complexity index is 1020. The summed E-state index contributed by atoms with van der Waals surface area (Å²) in [7, 11) is 1.30. The molecule has 5 nitrogen and oxygen atoms in total. The number of aromatic amines is 1. The molecule has 2 N–H and O–H groups in total. The number of para-hydroxylation sites is 1. The van der Waals surface area contributed by atoms with Gasteiger partial charge in [0.15, 0.2) is 0 Å². The number of ether oxygens (including phenoxy) is 1. The molecule has 6 heteroatoms. The summed E-state index contributed by atoms with van der Waals surface area (Å²) < 4.78 is 18.4. The minimum absolute atomic E-state index is 0.209. The first-order chi connectivity index (χ1) is 12.5. The summed E-state index contributed by atoms with van der Waals surface area (Å²) in [5.41, 5.74) is 1.55. The van der Waals surface area contributed by atoms with Gasteiger partial charge in [0.2, 0.25) is 5.91 Å². The van der Waals surface area contributed by atoms with Crippen LogP contribution in [0.1, 0.15) is 28.8 Å². The molecule has 1 fully saturated rings. The molecular weight excluding hydrogens is 335 g/mol. The normalized spacial score (nSPS) is 14.8. The summed E-state index contributed by atoms with van der Waals surface area (Å²) in [6.07, 6.45) is 3.11. The number of H-pyrrole nitrogens is 1. The standard InChI is InChI=1S/C20H17FN2O3/c1-26-18(24)13-4-2-3-5-17(13)23-19(25)20(8-9-20)15-11-22-16-7-6-12(21)10-14(15)16/h2-7,10-11,22H,8-9H2,1H3,(H,23,25). The first kappa shape index (κ1) is 16.3. The number of hydrogen-bond donors (Lipinski definition) is 2. The molecule has 0 atom stereocenters. The lowest BCUT2D eigenvalue weighted by atomic mass is 9.94. The lowest BCUT2D eigenvalue weighted by Crippen LogP contribution is -2.28. The largest absolute Gasteiger partial charge is 0.465 e. The highest BCUT2D eigenvalue weighted by molar-refractivity contribution is 6.07. The number of carbonyl (C=O) groups is 2. The van der Waals surface area contributed by atoms with E-state index in [-0.39, 0.29) is 11.7 Å². The number of hydrogen-bond acceptors (Lipinski definition) is 3. The fourth-order valence-electron chi connectivity index (χ4n) is 3.35. The molecule has 1 aliphatic carbocycles. The van der Waals surface area contributed by atoms with Crippen molar-refractivity contribution in [1.82, 2.24) is 4.98 Å². The molecule has 3 aromatic rings.